The van der Waals surface area contributed by atoms with Crippen molar-refractivity contribution in [1.82, 2.24) is 19.7 Å². The molecule has 2 heterocycles. The molecule has 0 unspecified atom stereocenters. The van der Waals surface area contributed by atoms with E-state index < -0.39 is 0 Å². The fraction of sp³-hybridized carbons (Fsp3) is 0.0526. The number of nitrogens with zero attached hydrogens (tertiary/aromatic N) is 3. The van der Waals surface area contributed by atoms with Crippen molar-refractivity contribution in [2.24, 2.45) is 0 Å². The molecule has 0 bridgehead atoms. The number of hydrogen-bond donors (Lipinski definition) is 1. The third-order valence-corrected chi connectivity index (χ3v) is 5.05. The van der Waals surface area contributed by atoms with Gasteiger partial charge in [0.2, 0.25) is 0 Å². The van der Waals surface area contributed by atoms with Gasteiger partial charge in [0.15, 0.2) is 16.6 Å². The van der Waals surface area contributed by atoms with Gasteiger partial charge in [0.05, 0.1) is 17.6 Å². The van der Waals surface area contributed by atoms with Crippen LogP contribution in [0.5, 0.6) is 0 Å². The Bertz CT molecular complexity index is 1170. The quantitative estimate of drug-likeness (QED) is 0.316. The van der Waals surface area contributed by atoms with Crippen molar-refractivity contribution < 1.29 is 4.79 Å². The summed E-state index contributed by atoms with van der Waals surface area (Å²) in [6.07, 6.45) is 1.47. The molecule has 6 nitrogen and oxygen atoms in total. The Morgan fingerprint density at radius 2 is 1.85 bits per heavy atom. The molecule has 4 aromatic rings. The first-order valence-electron chi connectivity index (χ1n) is 8.07. The highest BCUT2D eigenvalue weighted by Gasteiger charge is 2.13. The number of Topliss-reactive ketones (excluding diaryl/α,β-unsaturated/α-hetero) is 1. The summed E-state index contributed by atoms with van der Waals surface area (Å²) in [4.78, 5) is 31.8. The average Bonchev–Trinajstić information content (AvgIpc) is 3.12. The highest BCUT2D eigenvalue weighted by Crippen LogP contribution is 2.20. The number of carbonyl (C=O) groups excluding carboxylic acids is 1. The Morgan fingerprint density at radius 1 is 1.11 bits per heavy atom. The van der Waals surface area contributed by atoms with E-state index in [9.17, 15) is 9.59 Å². The van der Waals surface area contributed by atoms with Gasteiger partial charge in [0.1, 0.15) is 5.39 Å². The van der Waals surface area contributed by atoms with Gasteiger partial charge in [-0.3, -0.25) is 9.59 Å². The van der Waals surface area contributed by atoms with Crippen LogP contribution in [0.1, 0.15) is 10.4 Å². The monoisotopic (exact) mass is 396 g/mol. The van der Waals surface area contributed by atoms with Crippen LogP contribution in [-0.2, 0) is 0 Å². The predicted molar refractivity (Wildman–Crippen MR) is 106 cm³/mol. The van der Waals surface area contributed by atoms with Crippen molar-refractivity contribution in [3.05, 3.63) is 81.7 Å². The number of aromatic amines is 1. The van der Waals surface area contributed by atoms with Crippen molar-refractivity contribution in [1.29, 1.82) is 0 Å². The van der Waals surface area contributed by atoms with Gasteiger partial charge in [-0.2, -0.15) is 5.10 Å². The summed E-state index contributed by atoms with van der Waals surface area (Å²) in [5, 5.41) is 5.61. The molecule has 0 aliphatic heterocycles. The lowest BCUT2D eigenvalue weighted by Crippen LogP contribution is -2.11. The van der Waals surface area contributed by atoms with Crippen LogP contribution in [0.25, 0.3) is 16.7 Å². The first-order valence-corrected chi connectivity index (χ1v) is 9.43. The number of benzene rings is 2. The van der Waals surface area contributed by atoms with Crippen LogP contribution in [-0.4, -0.2) is 31.3 Å². The van der Waals surface area contributed by atoms with Crippen molar-refractivity contribution in [2.45, 2.75) is 5.16 Å². The fourth-order valence-corrected chi connectivity index (χ4v) is 3.46. The zero-order valence-corrected chi connectivity index (χ0v) is 15.5. The molecule has 0 fully saturated rings. The van der Waals surface area contributed by atoms with Gasteiger partial charge in [0.25, 0.3) is 5.56 Å². The van der Waals surface area contributed by atoms with Crippen LogP contribution in [0.2, 0.25) is 5.02 Å². The van der Waals surface area contributed by atoms with Crippen molar-refractivity contribution in [3.63, 3.8) is 0 Å². The van der Waals surface area contributed by atoms with Crippen molar-refractivity contribution in [3.8, 4) is 5.69 Å². The molecular formula is C19H13ClN4O2S. The maximum Gasteiger partial charge on any atom is 0.262 e. The van der Waals surface area contributed by atoms with E-state index in [0.29, 0.717) is 26.8 Å². The summed E-state index contributed by atoms with van der Waals surface area (Å²) < 4.78 is 1.57. The van der Waals surface area contributed by atoms with Gasteiger partial charge in [0, 0.05) is 10.6 Å². The lowest BCUT2D eigenvalue weighted by molar-refractivity contribution is 0.102. The first kappa shape index (κ1) is 17.5. The lowest BCUT2D eigenvalue weighted by Gasteiger charge is -2.05. The van der Waals surface area contributed by atoms with E-state index in [0.717, 1.165) is 5.69 Å². The Kier molecular flexibility index (Phi) is 4.79. The highest BCUT2D eigenvalue weighted by atomic mass is 35.5. The molecule has 0 saturated heterocycles. The normalized spacial score (nSPS) is 11.0. The number of H-pyrrole nitrogens is 1. The molecule has 0 aliphatic carbocycles. The minimum absolute atomic E-state index is 0.0328. The molecule has 0 aliphatic rings. The van der Waals surface area contributed by atoms with Gasteiger partial charge in [-0.15, -0.1) is 0 Å². The second-order valence-electron chi connectivity index (χ2n) is 5.72. The molecule has 0 spiro atoms. The Morgan fingerprint density at radius 3 is 2.59 bits per heavy atom. The molecule has 2 aromatic carbocycles. The third-order valence-electron chi connectivity index (χ3n) is 3.92. The third kappa shape index (κ3) is 3.65. The van der Waals surface area contributed by atoms with E-state index in [1.165, 1.54) is 18.0 Å². The number of rotatable bonds is 5. The van der Waals surface area contributed by atoms with Gasteiger partial charge in [-0.25, -0.2) is 9.67 Å². The minimum Gasteiger partial charge on any atom is -0.301 e. The van der Waals surface area contributed by atoms with Gasteiger partial charge in [-0.05, 0) is 24.3 Å². The van der Waals surface area contributed by atoms with Crippen LogP contribution in [0.3, 0.4) is 0 Å². The molecule has 0 atom stereocenters. The van der Waals surface area contributed by atoms with Gasteiger partial charge >= 0.3 is 0 Å². The number of nitrogens with one attached hydrogen (secondary N) is 1. The Labute approximate surface area is 163 Å². The fourth-order valence-electron chi connectivity index (χ4n) is 2.58. The first-order chi connectivity index (χ1) is 13.1. The second kappa shape index (κ2) is 7.38. The Balaban J connectivity index is 1.64. The van der Waals surface area contributed by atoms with Crippen molar-refractivity contribution in [2.75, 3.05) is 5.75 Å². The summed E-state index contributed by atoms with van der Waals surface area (Å²) in [6.45, 7) is 0. The molecule has 134 valence electrons. The van der Waals surface area contributed by atoms with E-state index in [1.54, 1.807) is 41.1 Å². The molecule has 1 N–H and O–H groups in total. The van der Waals surface area contributed by atoms with E-state index in [4.69, 9.17) is 11.6 Å². The summed E-state index contributed by atoms with van der Waals surface area (Å²) in [5.74, 6) is 0.141. The van der Waals surface area contributed by atoms with Crippen LogP contribution in [0, 0.1) is 0 Å². The SMILES string of the molecule is O=C(CSc1nc2c(cnn2-c2ccc(Cl)cc2)c(=O)[nH]1)c1ccccc1. The van der Waals surface area contributed by atoms with Gasteiger partial charge < -0.3 is 4.98 Å². The van der Waals surface area contributed by atoms with Crippen LogP contribution >= 0.6 is 23.4 Å². The molecule has 4 rings (SSSR count). The topological polar surface area (TPSA) is 80.6 Å². The van der Waals surface area contributed by atoms with Crippen LogP contribution in [0.15, 0.2) is 70.7 Å². The lowest BCUT2D eigenvalue weighted by atomic mass is 10.2. The van der Waals surface area contributed by atoms with Crippen LogP contribution in [0.4, 0.5) is 0 Å². The predicted octanol–water partition coefficient (Wildman–Crippen LogP) is 3.74. The summed E-state index contributed by atoms with van der Waals surface area (Å²) in [7, 11) is 0. The molecule has 0 radical (unpaired) electrons. The number of hydrogen-bond acceptors (Lipinski definition) is 5. The summed E-state index contributed by atoms with van der Waals surface area (Å²) >= 11 is 7.11. The van der Waals surface area contributed by atoms with E-state index in [2.05, 4.69) is 15.1 Å². The molecule has 8 heteroatoms. The Hall–Kier alpha value is -2.90. The average molecular weight is 397 g/mol. The minimum atomic E-state index is -0.296. The molecule has 0 amide bonds. The number of ketones is 1. The molecule has 0 saturated carbocycles. The summed E-state index contributed by atoms with van der Waals surface area (Å²) in [5.41, 5.74) is 1.49. The number of fused-ring (bicyclic) bond motifs is 1. The van der Waals surface area contributed by atoms with E-state index >= 15 is 0 Å². The maximum atomic E-state index is 12.3. The maximum absolute atomic E-state index is 12.3. The number of aromatic nitrogens is 4. The number of halogens is 1. The number of carbonyl (C=O) groups is 1. The smallest absolute Gasteiger partial charge is 0.262 e. The molecule has 27 heavy (non-hydrogen) atoms. The highest BCUT2D eigenvalue weighted by molar-refractivity contribution is 7.99. The van der Waals surface area contributed by atoms with Crippen LogP contribution < -0.4 is 5.56 Å². The van der Waals surface area contributed by atoms with E-state index in [1.807, 2.05) is 18.2 Å². The molecule has 2 aromatic heterocycles. The van der Waals surface area contributed by atoms with E-state index in [-0.39, 0.29) is 17.1 Å². The standard InChI is InChI=1S/C19H13ClN4O2S/c20-13-6-8-14(9-7-13)24-17-15(10-21-24)18(26)23-19(22-17)27-11-16(25)12-4-2-1-3-5-12/h1-10H,11H2,(H,22,23,26). The van der Waals surface area contributed by atoms with Crippen molar-refractivity contribution >= 4 is 40.2 Å². The summed E-state index contributed by atoms with van der Waals surface area (Å²) in [6, 6.07) is 16.1. The molecular weight excluding hydrogens is 384 g/mol. The van der Waals surface area contributed by atoms with Gasteiger partial charge in [-0.1, -0.05) is 53.7 Å². The zero-order chi connectivity index (χ0) is 18.8. The number of thioether (sulfide) groups is 1. The largest absolute Gasteiger partial charge is 0.301 e. The second-order valence-corrected chi connectivity index (χ2v) is 7.12. The zero-order valence-electron chi connectivity index (χ0n) is 13.9.